The molecular weight excluding hydrogens is 250 g/mol. The number of imide groups is 2. The zero-order chi connectivity index (χ0) is 14.2. The summed E-state index contributed by atoms with van der Waals surface area (Å²) in [5.41, 5.74) is -1.13. The van der Waals surface area contributed by atoms with Gasteiger partial charge < -0.3 is 5.32 Å². The second-order valence-corrected chi connectivity index (χ2v) is 4.94. The second-order valence-electron chi connectivity index (χ2n) is 4.94. The Bertz CT molecular complexity index is 456. The van der Waals surface area contributed by atoms with Crippen molar-refractivity contribution in [1.29, 1.82) is 0 Å². The topological polar surface area (TPSA) is 95.6 Å². The molecule has 1 heterocycles. The fourth-order valence-corrected chi connectivity index (χ4v) is 2.46. The molecule has 104 valence electrons. The number of hydrogen-bond acceptors (Lipinski definition) is 4. The number of nitrogens with zero attached hydrogens (tertiary/aromatic N) is 1. The number of likely N-dealkylation sites (N-methyl/N-ethyl adjacent to an activating group) is 1. The maximum atomic E-state index is 12.4. The van der Waals surface area contributed by atoms with E-state index in [0.717, 1.165) is 11.3 Å². The first-order valence-electron chi connectivity index (χ1n) is 6.41. The Labute approximate surface area is 110 Å². The van der Waals surface area contributed by atoms with Crippen LogP contribution in [0.2, 0.25) is 0 Å². The molecule has 1 saturated heterocycles. The fourth-order valence-electron chi connectivity index (χ4n) is 2.46. The summed E-state index contributed by atoms with van der Waals surface area (Å²) in [6.45, 7) is 3.64. The summed E-state index contributed by atoms with van der Waals surface area (Å²) in [6.07, 6.45) is 1.64. The van der Waals surface area contributed by atoms with E-state index in [0.29, 0.717) is 19.4 Å². The monoisotopic (exact) mass is 267 g/mol. The van der Waals surface area contributed by atoms with E-state index in [1.807, 2.05) is 0 Å². The molecule has 1 saturated carbocycles. The van der Waals surface area contributed by atoms with Gasteiger partial charge in [0.05, 0.1) is 0 Å². The molecule has 2 fully saturated rings. The van der Waals surface area contributed by atoms with Crippen LogP contribution in [0.4, 0.5) is 4.79 Å². The molecule has 1 spiro atoms. The van der Waals surface area contributed by atoms with E-state index in [2.05, 4.69) is 10.6 Å². The number of urea groups is 1. The molecule has 0 bridgehead atoms. The Morgan fingerprint density at radius 3 is 2.53 bits per heavy atom. The largest absolute Gasteiger partial charge is 0.355 e. The third-order valence-corrected chi connectivity index (χ3v) is 3.83. The molecule has 1 aliphatic heterocycles. The number of hydrogen-bond donors (Lipinski definition) is 2. The van der Waals surface area contributed by atoms with E-state index in [1.165, 1.54) is 6.92 Å². The normalized spacial score (nSPS) is 22.8. The van der Waals surface area contributed by atoms with Crippen LogP contribution in [0.5, 0.6) is 0 Å². The summed E-state index contributed by atoms with van der Waals surface area (Å²) in [7, 11) is 0. The first-order valence-corrected chi connectivity index (χ1v) is 6.41. The molecule has 1 aliphatic carbocycles. The SMILES string of the molecule is CCNC(=O)C(C)N1C(=O)NC(=O)C2(CCC2)C1=O. The fraction of sp³-hybridized carbons (Fsp3) is 0.667. The maximum Gasteiger partial charge on any atom is 0.331 e. The Morgan fingerprint density at radius 2 is 2.05 bits per heavy atom. The standard InChI is InChI=1S/C12H17N3O4/c1-3-13-8(16)7(2)15-10(18)12(5-4-6-12)9(17)14-11(15)19/h7H,3-6H2,1-2H3,(H,13,16)(H,14,17,19). The molecule has 19 heavy (non-hydrogen) atoms. The van der Waals surface area contributed by atoms with E-state index >= 15 is 0 Å². The minimum Gasteiger partial charge on any atom is -0.355 e. The van der Waals surface area contributed by atoms with Crippen molar-refractivity contribution in [3.63, 3.8) is 0 Å². The van der Waals surface area contributed by atoms with Gasteiger partial charge in [-0.2, -0.15) is 0 Å². The molecule has 2 N–H and O–H groups in total. The smallest absolute Gasteiger partial charge is 0.331 e. The van der Waals surface area contributed by atoms with Crippen LogP contribution >= 0.6 is 0 Å². The van der Waals surface area contributed by atoms with Gasteiger partial charge in [-0.3, -0.25) is 24.6 Å². The third-order valence-electron chi connectivity index (χ3n) is 3.83. The maximum absolute atomic E-state index is 12.4. The van der Waals surface area contributed by atoms with Crippen molar-refractivity contribution in [2.24, 2.45) is 5.41 Å². The summed E-state index contributed by atoms with van der Waals surface area (Å²) < 4.78 is 0. The van der Waals surface area contributed by atoms with Gasteiger partial charge in [0.15, 0.2) is 0 Å². The van der Waals surface area contributed by atoms with Crippen LogP contribution < -0.4 is 10.6 Å². The minimum absolute atomic E-state index is 0.408. The molecule has 7 heteroatoms. The zero-order valence-electron chi connectivity index (χ0n) is 11.0. The molecule has 1 atom stereocenters. The van der Waals surface area contributed by atoms with Gasteiger partial charge in [0.2, 0.25) is 17.7 Å². The Morgan fingerprint density at radius 1 is 1.42 bits per heavy atom. The molecule has 1 unspecified atom stereocenters. The lowest BCUT2D eigenvalue weighted by Crippen LogP contribution is -2.69. The molecule has 5 amide bonds. The Balaban J connectivity index is 2.24. The van der Waals surface area contributed by atoms with Crippen molar-refractivity contribution < 1.29 is 19.2 Å². The highest BCUT2D eigenvalue weighted by Crippen LogP contribution is 2.44. The number of barbiturate groups is 1. The molecule has 2 rings (SSSR count). The van der Waals surface area contributed by atoms with Gasteiger partial charge in [0.25, 0.3) is 0 Å². The van der Waals surface area contributed by atoms with Crippen molar-refractivity contribution in [3.8, 4) is 0 Å². The van der Waals surface area contributed by atoms with Gasteiger partial charge in [0.1, 0.15) is 11.5 Å². The van der Waals surface area contributed by atoms with Crippen LogP contribution in [-0.4, -0.2) is 41.2 Å². The summed E-state index contributed by atoms with van der Waals surface area (Å²) in [5, 5.41) is 4.74. The third kappa shape index (κ3) is 1.89. The minimum atomic E-state index is -1.13. The average molecular weight is 267 g/mol. The Hall–Kier alpha value is -1.92. The average Bonchev–Trinajstić information content (AvgIpc) is 2.26. The predicted octanol–water partition coefficient (Wildman–Crippen LogP) is -0.240. The molecule has 0 aromatic heterocycles. The van der Waals surface area contributed by atoms with Crippen LogP contribution in [0.1, 0.15) is 33.1 Å². The highest BCUT2D eigenvalue weighted by Gasteiger charge is 2.58. The van der Waals surface area contributed by atoms with Crippen molar-refractivity contribution >= 4 is 23.8 Å². The van der Waals surface area contributed by atoms with E-state index in [1.54, 1.807) is 6.92 Å². The number of amides is 5. The van der Waals surface area contributed by atoms with Crippen LogP contribution in [0.25, 0.3) is 0 Å². The van der Waals surface area contributed by atoms with Gasteiger partial charge in [-0.05, 0) is 26.7 Å². The lowest BCUT2D eigenvalue weighted by Gasteiger charge is -2.45. The summed E-state index contributed by atoms with van der Waals surface area (Å²) >= 11 is 0. The quantitative estimate of drug-likeness (QED) is 0.690. The molecule has 0 radical (unpaired) electrons. The summed E-state index contributed by atoms with van der Waals surface area (Å²) in [5.74, 6) is -1.49. The van der Waals surface area contributed by atoms with E-state index < -0.39 is 35.2 Å². The van der Waals surface area contributed by atoms with Crippen LogP contribution in [-0.2, 0) is 14.4 Å². The first kappa shape index (κ1) is 13.5. The van der Waals surface area contributed by atoms with Gasteiger partial charge in [-0.25, -0.2) is 4.79 Å². The second kappa shape index (κ2) is 4.64. The molecule has 0 aromatic rings. The van der Waals surface area contributed by atoms with Crippen LogP contribution in [0.15, 0.2) is 0 Å². The molecular formula is C12H17N3O4. The van der Waals surface area contributed by atoms with Crippen LogP contribution in [0.3, 0.4) is 0 Å². The van der Waals surface area contributed by atoms with Gasteiger partial charge in [-0.15, -0.1) is 0 Å². The van der Waals surface area contributed by atoms with E-state index in [-0.39, 0.29) is 0 Å². The van der Waals surface area contributed by atoms with Crippen molar-refractivity contribution in [1.82, 2.24) is 15.5 Å². The number of carbonyl (C=O) groups excluding carboxylic acids is 4. The highest BCUT2D eigenvalue weighted by atomic mass is 16.2. The van der Waals surface area contributed by atoms with Crippen molar-refractivity contribution in [2.45, 2.75) is 39.2 Å². The predicted molar refractivity (Wildman–Crippen MR) is 64.8 cm³/mol. The molecule has 2 aliphatic rings. The van der Waals surface area contributed by atoms with Gasteiger partial charge >= 0.3 is 6.03 Å². The van der Waals surface area contributed by atoms with Crippen LogP contribution in [0, 0.1) is 5.41 Å². The summed E-state index contributed by atoms with van der Waals surface area (Å²) in [6, 6.07) is -1.73. The van der Waals surface area contributed by atoms with E-state index in [4.69, 9.17) is 0 Å². The number of rotatable bonds is 3. The van der Waals surface area contributed by atoms with E-state index in [9.17, 15) is 19.2 Å². The zero-order valence-corrected chi connectivity index (χ0v) is 11.0. The van der Waals surface area contributed by atoms with Crippen molar-refractivity contribution in [2.75, 3.05) is 6.54 Å². The Kier molecular flexibility index (Phi) is 3.30. The lowest BCUT2D eigenvalue weighted by atomic mass is 9.66. The lowest BCUT2D eigenvalue weighted by molar-refractivity contribution is -0.160. The molecule has 0 aromatic carbocycles. The highest BCUT2D eigenvalue weighted by molar-refractivity contribution is 6.20. The first-order chi connectivity index (χ1) is 8.94. The molecule has 7 nitrogen and oxygen atoms in total. The van der Waals surface area contributed by atoms with Gasteiger partial charge in [-0.1, -0.05) is 6.42 Å². The number of carbonyl (C=O) groups is 4. The van der Waals surface area contributed by atoms with Crippen molar-refractivity contribution in [3.05, 3.63) is 0 Å². The number of nitrogens with one attached hydrogen (secondary N) is 2. The van der Waals surface area contributed by atoms with Gasteiger partial charge in [0, 0.05) is 6.54 Å². The summed E-state index contributed by atoms with van der Waals surface area (Å²) in [4.78, 5) is 48.6.